The molecule has 0 saturated heterocycles. The van der Waals surface area contributed by atoms with E-state index in [0.717, 1.165) is 18.9 Å². The van der Waals surface area contributed by atoms with Gasteiger partial charge in [0.25, 0.3) is 0 Å². The summed E-state index contributed by atoms with van der Waals surface area (Å²) in [6.07, 6.45) is 0.661. The Balaban J connectivity index is 2.29. The molecule has 2 rings (SSSR count). The normalized spacial score (nSPS) is 16.0. The van der Waals surface area contributed by atoms with Gasteiger partial charge in [-0.2, -0.15) is 5.26 Å². The Kier molecular flexibility index (Phi) is 4.52. The van der Waals surface area contributed by atoms with Crippen molar-refractivity contribution in [3.63, 3.8) is 0 Å². The third-order valence-corrected chi connectivity index (χ3v) is 4.82. The van der Waals surface area contributed by atoms with Crippen molar-refractivity contribution in [3.8, 4) is 6.07 Å². The van der Waals surface area contributed by atoms with Crippen LogP contribution in [0.2, 0.25) is 5.02 Å². The molecule has 1 saturated carbocycles. The van der Waals surface area contributed by atoms with Crippen molar-refractivity contribution in [2.45, 2.75) is 36.8 Å². The van der Waals surface area contributed by atoms with Crippen LogP contribution in [0.4, 0.5) is 0 Å². The standard InChI is InChI=1S/C13H13ClN2O4S/c1-8(7-15)20-13(17)9-2-5-11(14)12(6-9)21(18,19)16-10-3-4-10/h2,5-6,8,10,16H,3-4H2,1H3/t8-/m1/s1. The van der Waals surface area contributed by atoms with Crippen molar-refractivity contribution < 1.29 is 17.9 Å². The van der Waals surface area contributed by atoms with Crippen LogP contribution in [-0.4, -0.2) is 26.5 Å². The maximum atomic E-state index is 12.2. The van der Waals surface area contributed by atoms with Gasteiger partial charge >= 0.3 is 5.97 Å². The van der Waals surface area contributed by atoms with Gasteiger partial charge in [-0.15, -0.1) is 0 Å². The summed E-state index contributed by atoms with van der Waals surface area (Å²) in [6, 6.07) is 5.51. The number of carbonyl (C=O) groups is 1. The smallest absolute Gasteiger partial charge is 0.339 e. The van der Waals surface area contributed by atoms with E-state index in [4.69, 9.17) is 21.6 Å². The average Bonchev–Trinajstić information content (AvgIpc) is 3.21. The highest BCUT2D eigenvalue weighted by Crippen LogP contribution is 2.27. The third-order valence-electron chi connectivity index (χ3n) is 2.82. The quantitative estimate of drug-likeness (QED) is 0.832. The number of halogens is 1. The first-order valence-electron chi connectivity index (χ1n) is 6.26. The first-order valence-corrected chi connectivity index (χ1v) is 8.12. The molecule has 0 aliphatic heterocycles. The van der Waals surface area contributed by atoms with E-state index < -0.39 is 22.1 Å². The molecule has 0 spiro atoms. The summed E-state index contributed by atoms with van der Waals surface area (Å²) in [4.78, 5) is 11.6. The zero-order valence-corrected chi connectivity index (χ0v) is 12.7. The van der Waals surface area contributed by atoms with E-state index in [2.05, 4.69) is 4.72 Å². The fraction of sp³-hybridized carbons (Fsp3) is 0.385. The number of rotatable bonds is 5. The van der Waals surface area contributed by atoms with Crippen LogP contribution in [0, 0.1) is 11.3 Å². The summed E-state index contributed by atoms with van der Waals surface area (Å²) >= 11 is 5.90. The van der Waals surface area contributed by atoms with E-state index in [0.29, 0.717) is 0 Å². The third kappa shape index (κ3) is 3.94. The number of esters is 1. The van der Waals surface area contributed by atoms with Gasteiger partial charge in [0.05, 0.1) is 10.6 Å². The minimum Gasteiger partial charge on any atom is -0.444 e. The number of nitrogens with zero attached hydrogens (tertiary/aromatic N) is 1. The Labute approximate surface area is 127 Å². The highest BCUT2D eigenvalue weighted by Gasteiger charge is 2.29. The number of ether oxygens (including phenoxy) is 1. The molecule has 0 aromatic heterocycles. The molecule has 0 heterocycles. The van der Waals surface area contributed by atoms with Crippen LogP contribution in [0.1, 0.15) is 30.1 Å². The molecular formula is C13H13ClN2O4S. The Hall–Kier alpha value is -1.62. The second kappa shape index (κ2) is 6.02. The summed E-state index contributed by atoms with van der Waals surface area (Å²) in [5.74, 6) is -0.774. The molecule has 0 unspecified atom stereocenters. The van der Waals surface area contributed by atoms with Crippen molar-refractivity contribution in [2.75, 3.05) is 0 Å². The Morgan fingerprint density at radius 2 is 2.19 bits per heavy atom. The molecule has 1 aliphatic rings. The Bertz CT molecular complexity index is 707. The summed E-state index contributed by atoms with van der Waals surface area (Å²) in [7, 11) is -3.77. The molecule has 1 atom stereocenters. The van der Waals surface area contributed by atoms with Crippen molar-refractivity contribution in [2.24, 2.45) is 0 Å². The molecule has 1 aromatic carbocycles. The fourth-order valence-electron chi connectivity index (χ4n) is 1.58. The molecule has 1 aromatic rings. The zero-order chi connectivity index (χ0) is 15.6. The first kappa shape index (κ1) is 15.8. The molecule has 1 fully saturated rings. The molecule has 21 heavy (non-hydrogen) atoms. The van der Waals surface area contributed by atoms with Crippen molar-refractivity contribution in [3.05, 3.63) is 28.8 Å². The van der Waals surface area contributed by atoms with E-state index in [-0.39, 0.29) is 21.5 Å². The zero-order valence-electron chi connectivity index (χ0n) is 11.2. The highest BCUT2D eigenvalue weighted by atomic mass is 35.5. The Morgan fingerprint density at radius 3 is 2.76 bits per heavy atom. The van der Waals surface area contributed by atoms with Gasteiger partial charge in [0.1, 0.15) is 11.0 Å². The molecular weight excluding hydrogens is 316 g/mol. The topological polar surface area (TPSA) is 96.3 Å². The van der Waals surface area contributed by atoms with Gasteiger partial charge in [-0.05, 0) is 38.0 Å². The van der Waals surface area contributed by atoms with E-state index in [9.17, 15) is 13.2 Å². The van der Waals surface area contributed by atoms with Crippen molar-refractivity contribution >= 4 is 27.6 Å². The SMILES string of the molecule is C[C@H](C#N)OC(=O)c1ccc(Cl)c(S(=O)(=O)NC2CC2)c1. The average molecular weight is 329 g/mol. The van der Waals surface area contributed by atoms with Crippen molar-refractivity contribution in [1.29, 1.82) is 5.26 Å². The minimum atomic E-state index is -3.77. The highest BCUT2D eigenvalue weighted by molar-refractivity contribution is 7.89. The molecule has 1 N–H and O–H groups in total. The van der Waals surface area contributed by atoms with E-state index in [1.54, 1.807) is 6.07 Å². The number of benzene rings is 1. The van der Waals surface area contributed by atoms with Gasteiger partial charge in [0, 0.05) is 6.04 Å². The Morgan fingerprint density at radius 1 is 1.52 bits per heavy atom. The second-order valence-electron chi connectivity index (χ2n) is 4.72. The number of hydrogen-bond donors (Lipinski definition) is 1. The summed E-state index contributed by atoms with van der Waals surface area (Å²) in [6.45, 7) is 1.42. The maximum Gasteiger partial charge on any atom is 0.339 e. The molecule has 0 bridgehead atoms. The predicted molar refractivity (Wildman–Crippen MR) is 75.3 cm³/mol. The maximum absolute atomic E-state index is 12.2. The van der Waals surface area contributed by atoms with Crippen LogP contribution in [0.15, 0.2) is 23.1 Å². The van der Waals surface area contributed by atoms with Gasteiger partial charge in [-0.3, -0.25) is 0 Å². The van der Waals surface area contributed by atoms with Crippen LogP contribution in [0.5, 0.6) is 0 Å². The molecule has 8 heteroatoms. The molecule has 1 aliphatic carbocycles. The summed E-state index contributed by atoms with van der Waals surface area (Å²) in [5.41, 5.74) is 0.0256. The van der Waals surface area contributed by atoms with E-state index in [1.807, 2.05) is 0 Å². The van der Waals surface area contributed by atoms with Crippen LogP contribution in [0.3, 0.4) is 0 Å². The lowest BCUT2D eigenvalue weighted by Gasteiger charge is -2.10. The van der Waals surface area contributed by atoms with E-state index >= 15 is 0 Å². The fourth-order valence-corrected chi connectivity index (χ4v) is 3.41. The first-order chi connectivity index (χ1) is 9.83. The van der Waals surface area contributed by atoms with Crippen molar-refractivity contribution in [1.82, 2.24) is 4.72 Å². The van der Waals surface area contributed by atoms with Crippen LogP contribution in [0.25, 0.3) is 0 Å². The molecule has 0 amide bonds. The van der Waals surface area contributed by atoms with Crippen LogP contribution >= 0.6 is 11.6 Å². The lowest BCUT2D eigenvalue weighted by atomic mass is 10.2. The molecule has 0 radical (unpaired) electrons. The molecule has 112 valence electrons. The predicted octanol–water partition coefficient (Wildman–Crippen LogP) is 1.85. The minimum absolute atomic E-state index is 0.0213. The monoisotopic (exact) mass is 328 g/mol. The number of sulfonamides is 1. The largest absolute Gasteiger partial charge is 0.444 e. The van der Waals surface area contributed by atoms with Gasteiger partial charge in [0.2, 0.25) is 10.0 Å². The number of nitrogens with one attached hydrogen (secondary N) is 1. The van der Waals surface area contributed by atoms with Gasteiger partial charge in [0.15, 0.2) is 6.10 Å². The number of hydrogen-bond acceptors (Lipinski definition) is 5. The lowest BCUT2D eigenvalue weighted by molar-refractivity contribution is 0.0435. The summed E-state index contributed by atoms with van der Waals surface area (Å²) < 4.78 is 31.6. The van der Waals surface area contributed by atoms with Gasteiger partial charge in [-0.1, -0.05) is 11.6 Å². The van der Waals surface area contributed by atoms with Crippen LogP contribution in [-0.2, 0) is 14.8 Å². The van der Waals surface area contributed by atoms with Gasteiger partial charge < -0.3 is 4.74 Å². The van der Waals surface area contributed by atoms with Gasteiger partial charge in [-0.25, -0.2) is 17.9 Å². The van der Waals surface area contributed by atoms with E-state index in [1.165, 1.54) is 19.1 Å². The summed E-state index contributed by atoms with van der Waals surface area (Å²) in [5, 5.41) is 8.63. The number of carbonyl (C=O) groups excluding carboxylic acids is 1. The number of nitriles is 1. The molecule has 6 nitrogen and oxygen atoms in total. The lowest BCUT2D eigenvalue weighted by Crippen LogP contribution is -2.26. The van der Waals surface area contributed by atoms with Crippen LogP contribution < -0.4 is 4.72 Å². The second-order valence-corrected chi connectivity index (χ2v) is 6.81.